The van der Waals surface area contributed by atoms with Crippen LogP contribution in [0.15, 0.2) is 23.6 Å². The van der Waals surface area contributed by atoms with Crippen LogP contribution in [0.5, 0.6) is 0 Å². The Balaban J connectivity index is 1.09. The number of carbonyl (C=O) groups excluding carboxylic acids is 4. The fourth-order valence-electron chi connectivity index (χ4n) is 16.1. The van der Waals surface area contributed by atoms with E-state index in [2.05, 4.69) is 0 Å². The van der Waals surface area contributed by atoms with Gasteiger partial charge in [-0.05, 0) is 158 Å². The van der Waals surface area contributed by atoms with Crippen molar-refractivity contribution in [2.24, 2.45) is 40.4 Å². The standard InChI is InChI=1S/C63H102F2N2O18/c1-17-46-61(12,76)51(71)37(6)67(15)25-20-23-59(10,75)53(35(4)49(36(5)54(73)82-46)84-48-32-60(11,78-16)52(72)38(7)81-48)85-55-50(44(66(13)14)28-34(3)80-55)83-47(70)21-18-19-26-79-56(74)63(77)33(2)27-40-41-30-43(64)42-29-39(68)22-24-57(42,8)62(41,65)45(69)31-58(40,63)9/h22,24,33-38,40-41,44-46,48-53,55,69,71-72,75-77H,17-21,23,25-32H2,1-16H3/t33-,34-,35+,36-,37-,38?,40?,41?,44-,45+,46-,48-,49+,50-,51-,52-,53?,55+,57+,58+,59-,60+,61-,62+,63+/m1/s1. The average molecular weight is 1210 g/mol. The van der Waals surface area contributed by atoms with Gasteiger partial charge in [-0.1, -0.05) is 33.8 Å². The first-order valence-electron chi connectivity index (χ1n) is 31.0. The van der Waals surface area contributed by atoms with Gasteiger partial charge in [0.2, 0.25) is 0 Å². The molecule has 2 saturated carbocycles. The third-order valence-electron chi connectivity index (χ3n) is 21.8. The highest BCUT2D eigenvalue weighted by atomic mass is 19.1. The van der Waals surface area contributed by atoms with Gasteiger partial charge in [0, 0.05) is 61.5 Å². The van der Waals surface area contributed by atoms with Crippen molar-refractivity contribution in [3.05, 3.63) is 23.6 Å². The Morgan fingerprint density at radius 3 is 2.20 bits per heavy atom. The van der Waals surface area contributed by atoms with Gasteiger partial charge in [0.05, 0.1) is 60.3 Å². The quantitative estimate of drug-likeness (QED) is 0.0706. The number of ketones is 1. The fourth-order valence-corrected chi connectivity index (χ4v) is 16.1. The Morgan fingerprint density at radius 2 is 1.56 bits per heavy atom. The number of allylic oxidation sites excluding steroid dienone is 4. The molecule has 7 aliphatic rings. The second kappa shape index (κ2) is 26.0. The topological polar surface area (TPSA) is 270 Å². The maximum Gasteiger partial charge on any atom is 0.338 e. The van der Waals surface area contributed by atoms with Crippen molar-refractivity contribution in [1.29, 1.82) is 0 Å². The molecule has 0 radical (unpaired) electrons. The summed E-state index contributed by atoms with van der Waals surface area (Å²) in [4.78, 5) is 59.0. The van der Waals surface area contributed by atoms with Crippen LogP contribution in [0.25, 0.3) is 0 Å². The minimum atomic E-state index is -2.38. The van der Waals surface area contributed by atoms with Gasteiger partial charge in [-0.25, -0.2) is 13.6 Å². The van der Waals surface area contributed by atoms with E-state index in [0.29, 0.717) is 19.4 Å². The van der Waals surface area contributed by atoms with E-state index >= 15 is 8.78 Å². The minimum absolute atomic E-state index is 0.0190. The number of cyclic esters (lactones) is 1. The van der Waals surface area contributed by atoms with Gasteiger partial charge >= 0.3 is 17.9 Å². The molecule has 7 rings (SSSR count). The Morgan fingerprint density at radius 1 is 0.894 bits per heavy atom. The Kier molecular flexibility index (Phi) is 21.2. The first kappa shape index (κ1) is 69.4. The van der Waals surface area contributed by atoms with Crippen molar-refractivity contribution < 1.29 is 96.5 Å². The molecule has 3 saturated heterocycles. The Hall–Kier alpha value is -3.10. The molecule has 0 spiro atoms. The number of fused-ring (bicyclic) bond motifs is 5. The van der Waals surface area contributed by atoms with Gasteiger partial charge in [0.25, 0.3) is 0 Å². The molecule has 486 valence electrons. The van der Waals surface area contributed by atoms with Crippen molar-refractivity contribution >= 4 is 23.7 Å². The van der Waals surface area contributed by atoms with Gasteiger partial charge in [-0.15, -0.1) is 0 Å². The van der Waals surface area contributed by atoms with E-state index in [4.69, 9.17) is 37.9 Å². The molecule has 0 aromatic rings. The summed E-state index contributed by atoms with van der Waals surface area (Å²) >= 11 is 0. The lowest BCUT2D eigenvalue weighted by Gasteiger charge is -2.61. The molecule has 3 heterocycles. The zero-order valence-electron chi connectivity index (χ0n) is 53.2. The molecule has 3 aliphatic heterocycles. The van der Waals surface area contributed by atoms with Gasteiger partial charge in [-0.3, -0.25) is 14.4 Å². The number of hydrogen-bond donors (Lipinski definition) is 6. The summed E-state index contributed by atoms with van der Waals surface area (Å²) in [5, 5.41) is 71.8. The zero-order chi connectivity index (χ0) is 63.5. The van der Waals surface area contributed by atoms with Crippen molar-refractivity contribution in [3.63, 3.8) is 0 Å². The molecule has 22 heteroatoms. The first-order valence-corrected chi connectivity index (χ1v) is 31.0. The molecule has 0 bridgehead atoms. The van der Waals surface area contributed by atoms with Crippen LogP contribution < -0.4 is 0 Å². The van der Waals surface area contributed by atoms with E-state index in [1.54, 1.807) is 69.4 Å². The molecular weight excluding hydrogens is 1110 g/mol. The van der Waals surface area contributed by atoms with Crippen LogP contribution in [0.3, 0.4) is 0 Å². The number of carbonyl (C=O) groups is 4. The molecule has 4 unspecified atom stereocenters. The van der Waals surface area contributed by atoms with E-state index in [1.807, 2.05) is 30.8 Å². The number of hydrogen-bond acceptors (Lipinski definition) is 20. The molecule has 4 aliphatic carbocycles. The molecule has 5 fully saturated rings. The summed E-state index contributed by atoms with van der Waals surface area (Å²) in [5.41, 5.74) is -12.3. The predicted octanol–water partition coefficient (Wildman–Crippen LogP) is 5.56. The van der Waals surface area contributed by atoms with E-state index in [0.717, 1.165) is 0 Å². The summed E-state index contributed by atoms with van der Waals surface area (Å²) in [5.74, 6) is -7.99. The number of aliphatic hydroxyl groups is 6. The van der Waals surface area contributed by atoms with Crippen molar-refractivity contribution in [2.75, 3.05) is 41.4 Å². The number of likely N-dealkylation sites (N-methyl/N-ethyl adjacent to an activating group) is 2. The summed E-state index contributed by atoms with van der Waals surface area (Å²) in [7, 11) is 6.93. The molecule has 20 nitrogen and oxygen atoms in total. The highest BCUT2D eigenvalue weighted by Crippen LogP contribution is 2.71. The number of rotatable bonds is 14. The average Bonchev–Trinajstić information content (AvgIpc) is 1.67. The lowest BCUT2D eigenvalue weighted by atomic mass is 9.45. The van der Waals surface area contributed by atoms with Crippen molar-refractivity contribution in [1.82, 2.24) is 9.80 Å². The van der Waals surface area contributed by atoms with E-state index in [9.17, 15) is 49.8 Å². The lowest BCUT2D eigenvalue weighted by molar-refractivity contribution is -0.318. The van der Waals surface area contributed by atoms with Gasteiger partial charge in [0.15, 0.2) is 35.7 Å². The van der Waals surface area contributed by atoms with E-state index in [1.165, 1.54) is 33.1 Å². The largest absolute Gasteiger partial charge is 0.464 e. The molecule has 0 aromatic heterocycles. The van der Waals surface area contributed by atoms with Crippen LogP contribution >= 0.6 is 0 Å². The second-order valence-electron chi connectivity index (χ2n) is 27.8. The first-order chi connectivity index (χ1) is 39.4. The monoisotopic (exact) mass is 1210 g/mol. The second-order valence-corrected chi connectivity index (χ2v) is 27.8. The van der Waals surface area contributed by atoms with Gasteiger partial charge in [0.1, 0.15) is 29.7 Å². The highest BCUT2D eigenvalue weighted by Gasteiger charge is 2.77. The number of alkyl halides is 1. The van der Waals surface area contributed by atoms with Crippen LogP contribution in [0.4, 0.5) is 8.78 Å². The maximum atomic E-state index is 17.8. The summed E-state index contributed by atoms with van der Waals surface area (Å²) in [6, 6.07) is -1.09. The molecule has 6 N–H and O–H groups in total. The van der Waals surface area contributed by atoms with Gasteiger partial charge < -0.3 is 78.3 Å². The van der Waals surface area contributed by atoms with Crippen LogP contribution in [-0.2, 0) is 57.1 Å². The number of methoxy groups -OCH3 is 1. The number of esters is 3. The van der Waals surface area contributed by atoms with Crippen molar-refractivity contribution in [2.45, 2.75) is 268 Å². The van der Waals surface area contributed by atoms with E-state index < -0.39 is 172 Å². The normalized spacial score (nSPS) is 47.7. The minimum Gasteiger partial charge on any atom is -0.464 e. The third-order valence-corrected chi connectivity index (χ3v) is 21.8. The number of halogens is 2. The summed E-state index contributed by atoms with van der Waals surface area (Å²) in [6.45, 7) is 20.1. The maximum absolute atomic E-state index is 17.8. The van der Waals surface area contributed by atoms with E-state index in [-0.39, 0.29) is 82.2 Å². The molecular formula is C63H102F2N2O18. The molecule has 0 aromatic carbocycles. The number of aliphatic hydroxyl groups excluding tert-OH is 3. The molecule has 0 amide bonds. The van der Waals surface area contributed by atoms with Crippen LogP contribution in [-0.4, -0.2) is 213 Å². The number of unbranched alkanes of at least 4 members (excludes halogenated alkanes) is 1. The van der Waals surface area contributed by atoms with Crippen LogP contribution in [0.2, 0.25) is 0 Å². The zero-order valence-corrected chi connectivity index (χ0v) is 53.2. The summed E-state index contributed by atoms with van der Waals surface area (Å²) in [6.07, 6.45) is -9.24. The molecule has 25 atom stereocenters. The molecule has 85 heavy (non-hydrogen) atoms. The number of nitrogens with zero attached hydrogens (tertiary/aromatic N) is 2. The Bertz CT molecular complexity index is 2460. The smallest absolute Gasteiger partial charge is 0.338 e. The summed E-state index contributed by atoms with van der Waals surface area (Å²) < 4.78 is 84.5. The predicted molar refractivity (Wildman–Crippen MR) is 306 cm³/mol. The third kappa shape index (κ3) is 12.7. The van der Waals surface area contributed by atoms with Crippen molar-refractivity contribution in [3.8, 4) is 0 Å². The van der Waals surface area contributed by atoms with Crippen LogP contribution in [0, 0.1) is 40.4 Å². The van der Waals surface area contributed by atoms with Gasteiger partial charge in [-0.2, -0.15) is 0 Å². The highest BCUT2D eigenvalue weighted by molar-refractivity contribution is 5.93. The Labute approximate surface area is 501 Å². The SMILES string of the molecule is CC[C@H]1OC(=O)[C@H](C)[C@@H](O[C@@H]2C[C@](C)(OC)[C@H](O)C(C)O2)[C@H](C)C(O[C@@H]2O[C@H](C)C[C@@H](N(C)C)[C@H]2OC(=O)CCCCOC(=O)[C@@]2(O)[C@H](C)CC3C4CC(F)=C5CC(=O)C=C[C@]5(C)[C@@]4(F)[C@@H](O)C[C@@]32C)[C@](C)(O)CCCN(C)[C@H](C)[C@@H](O)[C@]1(C)O. The number of ether oxygens (including phenoxy) is 8. The van der Waals surface area contributed by atoms with Crippen LogP contribution in [0.1, 0.15) is 160 Å². The fraction of sp³-hybridized carbons (Fsp3) is 0.873. The lowest BCUT2D eigenvalue weighted by Crippen LogP contribution is -2.69.